The molecule has 0 aromatic heterocycles. The van der Waals surface area contributed by atoms with Crippen LogP contribution in [0.4, 0.5) is 132 Å². The summed E-state index contributed by atoms with van der Waals surface area (Å²) < 4.78 is 402. The Morgan fingerprint density at radius 1 is 0.277 bits per heavy atom. The average Bonchev–Trinajstić information content (AvgIpc) is 2.80. The van der Waals surface area contributed by atoms with Crippen LogP contribution in [0.3, 0.4) is 0 Å². The lowest BCUT2D eigenvalue weighted by Crippen LogP contribution is -2.73. The molecule has 0 aromatic rings. The van der Waals surface area contributed by atoms with Crippen molar-refractivity contribution >= 4 is 8.03 Å². The number of hydrogen-bond donors (Lipinski definition) is 0. The van der Waals surface area contributed by atoms with Gasteiger partial charge in [-0.15, -0.1) is 0 Å². The van der Waals surface area contributed by atoms with Gasteiger partial charge in [-0.2, -0.15) is 132 Å². The summed E-state index contributed by atoms with van der Waals surface area (Å²) in [6.45, 7) is 0. The van der Waals surface area contributed by atoms with Crippen LogP contribution >= 0.6 is 8.03 Å². The predicted molar refractivity (Wildman–Crippen MR) is 81.6 cm³/mol. The molecule has 47 heavy (non-hydrogen) atoms. The highest BCUT2D eigenvalue weighted by Crippen LogP contribution is 2.68. The van der Waals surface area contributed by atoms with Crippen molar-refractivity contribution in [1.82, 2.24) is 0 Å². The molecule has 0 aliphatic rings. The van der Waals surface area contributed by atoms with E-state index in [0.29, 0.717) is 0 Å². The van der Waals surface area contributed by atoms with E-state index in [0.717, 1.165) is 0 Å². The summed E-state index contributed by atoms with van der Waals surface area (Å²) >= 11 is 0. The van der Waals surface area contributed by atoms with E-state index in [9.17, 15) is 136 Å². The van der Waals surface area contributed by atoms with Crippen molar-refractivity contribution in [3.63, 3.8) is 0 Å². The fourth-order valence-electron chi connectivity index (χ4n) is 2.29. The summed E-state index contributed by atoms with van der Waals surface area (Å²) in [5, 5.41) is 0. The monoisotopic (exact) mass is 802 g/mol. The zero-order valence-electron chi connectivity index (χ0n) is 19.7. The third-order valence-electron chi connectivity index (χ3n) is 5.10. The van der Waals surface area contributed by atoms with E-state index >= 15 is 0 Å². The third-order valence-corrected chi connectivity index (χ3v) is 6.37. The average molecular weight is 802 g/mol. The highest BCUT2D eigenvalue weighted by Gasteiger charge is 2.96. The second-order valence-electron chi connectivity index (χ2n) is 8.22. The first-order valence-corrected chi connectivity index (χ1v) is 10.8. The van der Waals surface area contributed by atoms with Crippen molar-refractivity contribution in [1.29, 1.82) is 0 Å². The van der Waals surface area contributed by atoms with Gasteiger partial charge in [0.2, 0.25) is 0 Å². The Bertz CT molecular complexity index is 1170. The zero-order valence-corrected chi connectivity index (χ0v) is 20.7. The maximum atomic E-state index is 13.6. The van der Waals surface area contributed by atoms with Gasteiger partial charge in [0.05, 0.1) is 0 Å². The van der Waals surface area contributed by atoms with Crippen LogP contribution in [0.15, 0.2) is 0 Å². The second-order valence-corrected chi connectivity index (χ2v) is 9.63. The van der Waals surface area contributed by atoms with E-state index in [4.69, 9.17) is 0 Å². The second kappa shape index (κ2) is 11.0. The lowest BCUT2D eigenvalue weighted by molar-refractivity contribution is -0.465. The van der Waals surface area contributed by atoms with E-state index in [1.807, 2.05) is 0 Å². The van der Waals surface area contributed by atoms with Gasteiger partial charge in [0.1, 0.15) is 0 Å². The van der Waals surface area contributed by atoms with Crippen LogP contribution in [0.5, 0.6) is 0 Å². The molecule has 0 aliphatic heterocycles. The highest BCUT2D eigenvalue weighted by molar-refractivity contribution is 7.40. The van der Waals surface area contributed by atoms with Crippen LogP contribution in [-0.2, 0) is 9.09 Å². The van der Waals surface area contributed by atoms with E-state index in [2.05, 4.69) is 0 Å². The minimum Gasteiger partial charge on any atom is -0.289 e. The van der Waals surface area contributed by atoms with Crippen LogP contribution in [0.1, 0.15) is 0 Å². The highest BCUT2D eigenvalue weighted by atomic mass is 31.1. The van der Waals surface area contributed by atoms with E-state index < -0.39 is 91.4 Å². The summed E-state index contributed by atoms with van der Waals surface area (Å²) in [7, 11) is -8.43. The third kappa shape index (κ3) is 5.70. The largest absolute Gasteiger partial charge is 0.460 e. The standard InChI is InChI=1S/C14HF30O2P/c15-1(16,3(19,20)7(27,28)11(35,36)37)5(23,24)9(31,32)13(41,42)46-47(45)14(43,44)10(33,34)6(25,26)2(17,18)4(21,22)8(29,30)12(38,39)40/h47H. The SMILES string of the molecule is O=[PH](OC(F)(F)C(F)(F)C(F)(F)C(F)(F)C(F)(F)C(F)(F)C(F)(F)F)C(F)(F)C(F)(F)C(F)(F)C(F)(F)C(F)(F)C(F)(F)C(F)(F)F. The maximum absolute atomic E-state index is 13.6. The van der Waals surface area contributed by atoms with Crippen molar-refractivity contribution in [2.75, 3.05) is 0 Å². The Labute approximate surface area is 233 Å². The summed E-state index contributed by atoms with van der Waals surface area (Å²) in [6.07, 6.45) is -25.1. The van der Waals surface area contributed by atoms with Gasteiger partial charge >= 0.3 is 83.4 Å². The maximum Gasteiger partial charge on any atom is 0.460 e. The van der Waals surface area contributed by atoms with Gasteiger partial charge in [0.25, 0.3) is 8.03 Å². The molecule has 0 saturated heterocycles. The first kappa shape index (κ1) is 45.1. The van der Waals surface area contributed by atoms with Crippen molar-refractivity contribution in [3.05, 3.63) is 0 Å². The Hall–Kier alpha value is -1.91. The van der Waals surface area contributed by atoms with Crippen LogP contribution in [0.2, 0.25) is 0 Å². The van der Waals surface area contributed by atoms with Gasteiger partial charge in [0.15, 0.2) is 0 Å². The van der Waals surface area contributed by atoms with Crippen LogP contribution in [0.25, 0.3) is 0 Å². The quantitative estimate of drug-likeness (QED) is 0.137. The van der Waals surface area contributed by atoms with E-state index in [-0.39, 0.29) is 0 Å². The zero-order chi connectivity index (χ0) is 39.3. The van der Waals surface area contributed by atoms with Crippen molar-refractivity contribution in [3.8, 4) is 0 Å². The summed E-state index contributed by atoms with van der Waals surface area (Å²) in [5.74, 6) is -90.9. The number of rotatable bonds is 13. The molecule has 0 amide bonds. The molecule has 0 aromatic carbocycles. The molecule has 0 saturated carbocycles. The first-order chi connectivity index (χ1) is 19.6. The van der Waals surface area contributed by atoms with Gasteiger partial charge in [-0.1, -0.05) is 0 Å². The van der Waals surface area contributed by atoms with Crippen LogP contribution in [-0.4, -0.2) is 83.4 Å². The molecule has 0 bridgehead atoms. The molecular weight excluding hydrogens is 801 g/mol. The Morgan fingerprint density at radius 3 is 0.702 bits per heavy atom. The topological polar surface area (TPSA) is 26.3 Å². The molecular formula is C14HF30O2P. The minimum absolute atomic E-state index is 1.19. The van der Waals surface area contributed by atoms with Crippen molar-refractivity contribution < 1.29 is 141 Å². The van der Waals surface area contributed by atoms with Gasteiger partial charge in [-0.25, -0.2) is 0 Å². The molecule has 0 fully saturated rings. The molecule has 1 atom stereocenters. The Morgan fingerprint density at radius 2 is 0.468 bits per heavy atom. The fraction of sp³-hybridized carbons (Fsp3) is 1.00. The Kier molecular flexibility index (Phi) is 10.6. The normalized spacial score (nSPS) is 17.7. The smallest absolute Gasteiger partial charge is 0.289 e. The summed E-state index contributed by atoms with van der Waals surface area (Å²) in [4.78, 5) is 0. The minimum atomic E-state index is -9.33. The van der Waals surface area contributed by atoms with Gasteiger partial charge in [0, 0.05) is 0 Å². The number of halogens is 30. The molecule has 1 unspecified atom stereocenters. The molecule has 0 spiro atoms. The molecule has 284 valence electrons. The van der Waals surface area contributed by atoms with Crippen molar-refractivity contribution in [2.24, 2.45) is 0 Å². The fourth-order valence-corrected chi connectivity index (χ4v) is 3.19. The molecule has 2 nitrogen and oxygen atoms in total. The number of hydrogen-bond acceptors (Lipinski definition) is 2. The molecule has 33 heteroatoms. The van der Waals surface area contributed by atoms with Gasteiger partial charge < -0.3 is 0 Å². The van der Waals surface area contributed by atoms with Gasteiger partial charge in [-0.3, -0.25) is 9.09 Å². The lowest BCUT2D eigenvalue weighted by Gasteiger charge is -2.42. The van der Waals surface area contributed by atoms with Crippen LogP contribution in [0, 0.1) is 0 Å². The molecule has 0 heterocycles. The van der Waals surface area contributed by atoms with E-state index in [1.165, 1.54) is 4.52 Å². The number of alkyl halides is 30. The molecule has 0 aliphatic carbocycles. The van der Waals surface area contributed by atoms with Gasteiger partial charge in [-0.05, 0) is 0 Å². The van der Waals surface area contributed by atoms with E-state index in [1.54, 1.807) is 0 Å². The lowest BCUT2D eigenvalue weighted by atomic mass is 9.93. The molecule has 0 N–H and O–H groups in total. The molecule has 0 radical (unpaired) electrons. The van der Waals surface area contributed by atoms with Crippen LogP contribution < -0.4 is 0 Å². The van der Waals surface area contributed by atoms with Crippen molar-refractivity contribution in [2.45, 2.75) is 83.4 Å². The molecule has 0 rings (SSSR count). The first-order valence-electron chi connectivity index (χ1n) is 9.53. The summed E-state index contributed by atoms with van der Waals surface area (Å²) in [6, 6.07) is 0. The Balaban J connectivity index is 7.06. The summed E-state index contributed by atoms with van der Waals surface area (Å²) in [5.41, 5.74) is -8.65. The predicted octanol–water partition coefficient (Wildman–Crippen LogP) is 10.1.